The molecule has 1 atom stereocenters. The molecule has 154 valence electrons. The normalized spacial score (nSPS) is 12.7. The summed E-state index contributed by atoms with van der Waals surface area (Å²) in [5.74, 6) is -2.15. The summed E-state index contributed by atoms with van der Waals surface area (Å²) in [5.41, 5.74) is 1.06. The molecule has 3 rings (SSSR count). The van der Waals surface area contributed by atoms with Crippen LogP contribution in [-0.2, 0) is 9.53 Å². The first-order valence-corrected chi connectivity index (χ1v) is 8.24. The summed E-state index contributed by atoms with van der Waals surface area (Å²) in [5, 5.41) is 4.83. The van der Waals surface area contributed by atoms with Gasteiger partial charge < -0.3 is 20.4 Å². The second-order valence-corrected chi connectivity index (χ2v) is 5.91. The van der Waals surface area contributed by atoms with E-state index in [1.165, 1.54) is 13.4 Å². The molecule has 0 aliphatic heterocycles. The number of hydrogen-bond acceptors (Lipinski definition) is 6. The Morgan fingerprint density at radius 3 is 2.90 bits per heavy atom. The number of fused-ring (bicyclic) bond motifs is 1. The van der Waals surface area contributed by atoms with Gasteiger partial charge >= 0.3 is 6.18 Å². The maximum absolute atomic E-state index is 14.2. The van der Waals surface area contributed by atoms with Gasteiger partial charge in [0.05, 0.1) is 23.8 Å². The predicted octanol–water partition coefficient (Wildman–Crippen LogP) is 1.08. The second-order valence-electron chi connectivity index (χ2n) is 5.91. The van der Waals surface area contributed by atoms with Crippen LogP contribution in [0.5, 0.6) is 0 Å². The van der Waals surface area contributed by atoms with E-state index in [0.717, 1.165) is 6.20 Å². The SMILES string of the molecule is COC[C@H](Nc1nc(-c2c[nH]c3nc[nH+]cc23)ncc1F)C(=O)NCC(F)(F)F. The Labute approximate surface area is 160 Å². The summed E-state index contributed by atoms with van der Waals surface area (Å²) in [6.07, 6.45) is 0.996. The first kappa shape index (κ1) is 20.4. The van der Waals surface area contributed by atoms with Crippen molar-refractivity contribution in [1.29, 1.82) is 0 Å². The fourth-order valence-electron chi connectivity index (χ4n) is 2.51. The van der Waals surface area contributed by atoms with E-state index in [0.29, 0.717) is 16.6 Å². The number of aromatic nitrogens is 5. The summed E-state index contributed by atoms with van der Waals surface area (Å²) in [4.78, 5) is 29.8. The first-order valence-electron chi connectivity index (χ1n) is 8.24. The minimum atomic E-state index is -4.58. The van der Waals surface area contributed by atoms with Gasteiger partial charge in [-0.15, -0.1) is 0 Å². The van der Waals surface area contributed by atoms with E-state index in [9.17, 15) is 22.4 Å². The van der Waals surface area contributed by atoms with Gasteiger partial charge in [-0.2, -0.15) is 13.2 Å². The third kappa shape index (κ3) is 4.93. The van der Waals surface area contributed by atoms with Gasteiger partial charge in [-0.3, -0.25) is 4.79 Å². The Kier molecular flexibility index (Phi) is 5.87. The highest BCUT2D eigenvalue weighted by atomic mass is 19.4. The fraction of sp³-hybridized carbons (Fsp3) is 0.312. The molecule has 0 radical (unpaired) electrons. The van der Waals surface area contributed by atoms with Gasteiger partial charge in [0.2, 0.25) is 5.91 Å². The minimum Gasteiger partial charge on any atom is -0.382 e. The molecular weight excluding hydrogens is 398 g/mol. The van der Waals surface area contributed by atoms with Crippen molar-refractivity contribution in [2.45, 2.75) is 12.2 Å². The van der Waals surface area contributed by atoms with Crippen molar-refractivity contribution in [2.24, 2.45) is 0 Å². The summed E-state index contributed by atoms with van der Waals surface area (Å²) in [6.45, 7) is -1.83. The Balaban J connectivity index is 1.85. The molecule has 9 nitrogen and oxygen atoms in total. The van der Waals surface area contributed by atoms with Crippen LogP contribution in [0.1, 0.15) is 0 Å². The van der Waals surface area contributed by atoms with Crippen LogP contribution in [0.2, 0.25) is 0 Å². The molecule has 3 aromatic rings. The number of nitrogens with zero attached hydrogens (tertiary/aromatic N) is 3. The molecule has 3 heterocycles. The van der Waals surface area contributed by atoms with Gasteiger partial charge in [0.1, 0.15) is 18.8 Å². The van der Waals surface area contributed by atoms with Crippen molar-refractivity contribution in [3.63, 3.8) is 0 Å². The smallest absolute Gasteiger partial charge is 0.382 e. The molecular formula is C16H16F4N7O2+. The van der Waals surface area contributed by atoms with E-state index in [1.807, 2.05) is 0 Å². The van der Waals surface area contributed by atoms with Gasteiger partial charge in [0.25, 0.3) is 12.0 Å². The number of methoxy groups -OCH3 is 1. The number of ether oxygens (including phenoxy) is 1. The maximum atomic E-state index is 14.2. The molecule has 0 fully saturated rings. The molecule has 4 N–H and O–H groups in total. The van der Waals surface area contributed by atoms with Crippen LogP contribution >= 0.6 is 0 Å². The topological polar surface area (TPSA) is 119 Å². The largest absolute Gasteiger partial charge is 0.405 e. The number of hydrogen-bond donors (Lipinski definition) is 3. The van der Waals surface area contributed by atoms with Gasteiger partial charge in [-0.25, -0.2) is 19.3 Å². The number of carbonyl (C=O) groups is 1. The van der Waals surface area contributed by atoms with E-state index in [2.05, 4.69) is 30.2 Å². The monoisotopic (exact) mass is 414 g/mol. The number of amides is 1. The predicted molar refractivity (Wildman–Crippen MR) is 92.0 cm³/mol. The van der Waals surface area contributed by atoms with Crippen molar-refractivity contribution in [1.82, 2.24) is 25.3 Å². The molecule has 0 saturated carbocycles. The standard InChI is InChI=1S/C16H15F4N7O2/c1-29-5-11(15(28)24-6-16(18,19)20)26-14-10(17)4-23-13(27-14)9-3-22-12-8(9)2-21-7-25-12/h2-4,7,11H,5-6H2,1H3,(H,24,28)(H,21,22,25)(H,23,26,27)/p+1/t11-/m0/s1. The number of carbonyl (C=O) groups excluding carboxylic acids is 1. The van der Waals surface area contributed by atoms with E-state index in [4.69, 9.17) is 4.74 Å². The molecule has 0 aliphatic rings. The molecule has 0 unspecified atom stereocenters. The molecule has 0 bridgehead atoms. The number of rotatable bonds is 7. The van der Waals surface area contributed by atoms with Crippen molar-refractivity contribution >= 4 is 22.8 Å². The van der Waals surface area contributed by atoms with E-state index in [1.54, 1.807) is 17.7 Å². The van der Waals surface area contributed by atoms with Crippen LogP contribution in [0.4, 0.5) is 23.4 Å². The lowest BCUT2D eigenvalue weighted by Crippen LogP contribution is -2.45. The number of halogens is 4. The summed E-state index contributed by atoms with van der Waals surface area (Å²) in [6, 6.07) is -1.31. The minimum absolute atomic E-state index is 0.119. The molecule has 0 aromatic carbocycles. The lowest BCUT2D eigenvalue weighted by atomic mass is 10.2. The van der Waals surface area contributed by atoms with Gasteiger partial charge in [0.15, 0.2) is 17.5 Å². The Hall–Kier alpha value is -3.35. The van der Waals surface area contributed by atoms with Crippen LogP contribution in [-0.4, -0.2) is 58.3 Å². The van der Waals surface area contributed by atoms with Crippen molar-refractivity contribution < 1.29 is 32.1 Å². The average Bonchev–Trinajstić information content (AvgIpc) is 3.11. The highest BCUT2D eigenvalue weighted by molar-refractivity contribution is 5.90. The quantitative estimate of drug-likeness (QED) is 0.498. The summed E-state index contributed by atoms with van der Waals surface area (Å²) in [7, 11) is 1.25. The van der Waals surface area contributed by atoms with Crippen LogP contribution in [0.25, 0.3) is 22.4 Å². The number of alkyl halides is 3. The van der Waals surface area contributed by atoms with Crippen LogP contribution in [0.3, 0.4) is 0 Å². The van der Waals surface area contributed by atoms with Crippen LogP contribution in [0.15, 0.2) is 24.9 Å². The third-order valence-electron chi connectivity index (χ3n) is 3.80. The van der Waals surface area contributed by atoms with E-state index in [-0.39, 0.29) is 18.2 Å². The van der Waals surface area contributed by atoms with E-state index >= 15 is 0 Å². The molecule has 0 aliphatic carbocycles. The first-order chi connectivity index (χ1) is 13.8. The molecule has 3 aromatic heterocycles. The zero-order valence-corrected chi connectivity index (χ0v) is 15.0. The Morgan fingerprint density at radius 1 is 1.38 bits per heavy atom. The average molecular weight is 414 g/mol. The Bertz CT molecular complexity index is 1010. The summed E-state index contributed by atoms with van der Waals surface area (Å²) >= 11 is 0. The van der Waals surface area contributed by atoms with Crippen LogP contribution < -0.4 is 15.6 Å². The summed E-state index contributed by atoms with van der Waals surface area (Å²) < 4.78 is 56.0. The maximum Gasteiger partial charge on any atom is 0.405 e. The van der Waals surface area contributed by atoms with Crippen LogP contribution in [0, 0.1) is 5.82 Å². The number of anilines is 1. The molecule has 0 spiro atoms. The molecule has 13 heteroatoms. The van der Waals surface area contributed by atoms with Crippen molar-refractivity contribution in [3.05, 3.63) is 30.7 Å². The molecule has 0 saturated heterocycles. The highest BCUT2D eigenvalue weighted by Gasteiger charge is 2.30. The number of H-pyrrole nitrogens is 2. The molecule has 29 heavy (non-hydrogen) atoms. The lowest BCUT2D eigenvalue weighted by Gasteiger charge is -2.19. The van der Waals surface area contributed by atoms with Crippen molar-refractivity contribution in [2.75, 3.05) is 25.6 Å². The highest BCUT2D eigenvalue weighted by Crippen LogP contribution is 2.25. The van der Waals surface area contributed by atoms with Gasteiger partial charge in [0, 0.05) is 13.3 Å². The zero-order chi connectivity index (χ0) is 21.0. The number of aromatic amines is 2. The Morgan fingerprint density at radius 2 is 2.17 bits per heavy atom. The second kappa shape index (κ2) is 8.34. The zero-order valence-electron chi connectivity index (χ0n) is 15.0. The van der Waals surface area contributed by atoms with Crippen molar-refractivity contribution in [3.8, 4) is 11.4 Å². The van der Waals surface area contributed by atoms with E-state index < -0.39 is 30.5 Å². The third-order valence-corrected chi connectivity index (χ3v) is 3.80. The lowest BCUT2D eigenvalue weighted by molar-refractivity contribution is -0.380. The molecule has 1 amide bonds. The number of nitrogens with one attached hydrogen (secondary N) is 4. The fourth-order valence-corrected chi connectivity index (χ4v) is 2.51. The van der Waals surface area contributed by atoms with Gasteiger partial charge in [-0.1, -0.05) is 0 Å². The van der Waals surface area contributed by atoms with Gasteiger partial charge in [-0.05, 0) is 4.98 Å².